The molecule has 0 bridgehead atoms. The van der Waals surface area contributed by atoms with Crippen LogP contribution in [0.1, 0.15) is 70.1 Å². The van der Waals surface area contributed by atoms with Gasteiger partial charge in [-0.05, 0) is 57.4 Å². The third-order valence-electron chi connectivity index (χ3n) is 6.12. The lowest BCUT2D eigenvalue weighted by atomic mass is 9.75. The van der Waals surface area contributed by atoms with Gasteiger partial charge in [0.05, 0.1) is 24.0 Å². The van der Waals surface area contributed by atoms with Crippen LogP contribution in [-0.4, -0.2) is 23.6 Å². The minimum Gasteiger partial charge on any atom is -0.312 e. The molecular formula is C18H30NS+. The summed E-state index contributed by atoms with van der Waals surface area (Å²) in [6.45, 7) is 7.79. The van der Waals surface area contributed by atoms with E-state index in [0.29, 0.717) is 5.54 Å². The number of thiophene rings is 1. The van der Waals surface area contributed by atoms with Crippen molar-refractivity contribution in [1.29, 1.82) is 0 Å². The Bertz CT molecular complexity index is 409. The summed E-state index contributed by atoms with van der Waals surface area (Å²) in [4.78, 5) is 1.69. The van der Waals surface area contributed by atoms with Crippen molar-refractivity contribution in [3.8, 4) is 0 Å². The quantitative estimate of drug-likeness (QED) is 0.662. The molecule has 3 rings (SSSR count). The molecule has 112 valence electrons. The number of rotatable bonds is 3. The first-order valence-electron chi connectivity index (χ1n) is 8.62. The van der Waals surface area contributed by atoms with Crippen LogP contribution in [0, 0.1) is 0 Å². The van der Waals surface area contributed by atoms with Crippen LogP contribution in [-0.2, 0) is 5.54 Å². The lowest BCUT2D eigenvalue weighted by molar-refractivity contribution is -1.01. The number of hydrogen-bond acceptors (Lipinski definition) is 1. The molecule has 2 heterocycles. The second kappa shape index (κ2) is 5.81. The van der Waals surface area contributed by atoms with Crippen molar-refractivity contribution in [2.45, 2.75) is 76.8 Å². The van der Waals surface area contributed by atoms with Gasteiger partial charge < -0.3 is 4.48 Å². The van der Waals surface area contributed by atoms with E-state index in [9.17, 15) is 0 Å². The van der Waals surface area contributed by atoms with E-state index in [1.54, 1.807) is 4.88 Å². The van der Waals surface area contributed by atoms with E-state index in [2.05, 4.69) is 31.4 Å². The average Bonchev–Trinajstić information content (AvgIpc) is 3.03. The van der Waals surface area contributed by atoms with E-state index in [1.807, 2.05) is 11.3 Å². The molecule has 2 aliphatic rings. The van der Waals surface area contributed by atoms with Gasteiger partial charge in [0.1, 0.15) is 5.54 Å². The molecule has 20 heavy (non-hydrogen) atoms. The fourth-order valence-corrected chi connectivity index (χ4v) is 6.17. The van der Waals surface area contributed by atoms with E-state index in [4.69, 9.17) is 0 Å². The normalized spacial score (nSPS) is 25.8. The minimum absolute atomic E-state index is 0.445. The predicted molar refractivity (Wildman–Crippen MR) is 88.1 cm³/mol. The fraction of sp³-hybridized carbons (Fsp3) is 0.778. The second-order valence-electron chi connectivity index (χ2n) is 7.21. The Morgan fingerprint density at radius 3 is 2.20 bits per heavy atom. The van der Waals surface area contributed by atoms with Crippen LogP contribution in [0.15, 0.2) is 17.5 Å². The van der Waals surface area contributed by atoms with E-state index in [-0.39, 0.29) is 0 Å². The zero-order valence-electron chi connectivity index (χ0n) is 13.2. The molecule has 0 N–H and O–H groups in total. The maximum absolute atomic E-state index is 2.48. The molecule has 0 radical (unpaired) electrons. The lowest BCUT2D eigenvalue weighted by Crippen LogP contribution is -2.67. The molecule has 1 aromatic rings. The Labute approximate surface area is 128 Å². The monoisotopic (exact) mass is 292 g/mol. The maximum atomic E-state index is 2.48. The third kappa shape index (κ3) is 2.16. The van der Waals surface area contributed by atoms with Gasteiger partial charge in [-0.15, -0.1) is 11.3 Å². The zero-order chi connectivity index (χ0) is 14.1. The summed E-state index contributed by atoms with van der Waals surface area (Å²) in [5, 5.41) is 2.30. The van der Waals surface area contributed by atoms with Crippen LogP contribution < -0.4 is 0 Å². The van der Waals surface area contributed by atoms with E-state index in [1.165, 1.54) is 68.9 Å². The molecule has 0 aromatic carbocycles. The summed E-state index contributed by atoms with van der Waals surface area (Å²) in [7, 11) is 0. The Morgan fingerprint density at radius 2 is 1.65 bits per heavy atom. The fourth-order valence-electron chi connectivity index (χ4n) is 5.11. The molecule has 2 fully saturated rings. The molecule has 2 heteroatoms. The van der Waals surface area contributed by atoms with Crippen LogP contribution >= 0.6 is 11.3 Å². The van der Waals surface area contributed by atoms with E-state index >= 15 is 0 Å². The Morgan fingerprint density at radius 1 is 1.00 bits per heavy atom. The van der Waals surface area contributed by atoms with Crippen molar-refractivity contribution in [3.05, 3.63) is 22.4 Å². The Hall–Kier alpha value is -0.340. The zero-order valence-corrected chi connectivity index (χ0v) is 14.1. The van der Waals surface area contributed by atoms with Crippen LogP contribution in [0.25, 0.3) is 0 Å². The van der Waals surface area contributed by atoms with Crippen molar-refractivity contribution in [1.82, 2.24) is 0 Å². The highest BCUT2D eigenvalue weighted by atomic mass is 32.1. The molecule has 1 aromatic heterocycles. The summed E-state index contributed by atoms with van der Waals surface area (Å²) < 4.78 is 1.38. The van der Waals surface area contributed by atoms with Crippen molar-refractivity contribution in [3.63, 3.8) is 0 Å². The summed E-state index contributed by atoms with van der Waals surface area (Å²) in [6, 6.07) is 5.47. The minimum atomic E-state index is 0.445. The van der Waals surface area contributed by atoms with Crippen LogP contribution in [0.4, 0.5) is 0 Å². The van der Waals surface area contributed by atoms with E-state index < -0.39 is 0 Å². The number of hydrogen-bond donors (Lipinski definition) is 0. The highest BCUT2D eigenvalue weighted by molar-refractivity contribution is 7.10. The van der Waals surface area contributed by atoms with Crippen molar-refractivity contribution in [2.24, 2.45) is 0 Å². The second-order valence-corrected chi connectivity index (χ2v) is 8.15. The molecule has 0 amide bonds. The van der Waals surface area contributed by atoms with Gasteiger partial charge in [0.15, 0.2) is 0 Å². The van der Waals surface area contributed by atoms with Crippen LogP contribution in [0.2, 0.25) is 0 Å². The van der Waals surface area contributed by atoms with Crippen LogP contribution in [0.5, 0.6) is 0 Å². The molecule has 0 unspecified atom stereocenters. The number of likely N-dealkylation sites (tertiary alicyclic amines) is 1. The molecule has 1 nitrogen and oxygen atoms in total. The van der Waals surface area contributed by atoms with Gasteiger partial charge in [-0.25, -0.2) is 0 Å². The Kier molecular flexibility index (Phi) is 4.24. The predicted octanol–water partition coefficient (Wildman–Crippen LogP) is 5.32. The number of quaternary nitrogens is 1. The van der Waals surface area contributed by atoms with Crippen molar-refractivity contribution < 1.29 is 4.48 Å². The van der Waals surface area contributed by atoms with Gasteiger partial charge in [0, 0.05) is 12.8 Å². The highest BCUT2D eigenvalue weighted by Crippen LogP contribution is 2.51. The first kappa shape index (κ1) is 14.6. The van der Waals surface area contributed by atoms with E-state index in [0.717, 1.165) is 6.04 Å². The van der Waals surface area contributed by atoms with Crippen molar-refractivity contribution in [2.75, 3.05) is 13.1 Å². The largest absolute Gasteiger partial charge is 0.312 e. The number of piperidine rings is 1. The SMILES string of the molecule is CC(C)[N+]1(C2(c3cccs3)CCCCC2)CCCCC1. The topological polar surface area (TPSA) is 0 Å². The van der Waals surface area contributed by atoms with Gasteiger partial charge in [-0.3, -0.25) is 0 Å². The first-order chi connectivity index (χ1) is 9.71. The maximum Gasteiger partial charge on any atom is 0.134 e. The highest BCUT2D eigenvalue weighted by Gasteiger charge is 2.54. The van der Waals surface area contributed by atoms with Gasteiger partial charge in [0.25, 0.3) is 0 Å². The standard InChI is InChI=1S/C18H30NS/c1-16(2)19(13-7-4-8-14-19)18(11-5-3-6-12-18)17-10-9-15-20-17/h9-10,15-16H,3-8,11-14H2,1-2H3/q+1. The van der Waals surface area contributed by atoms with Crippen LogP contribution in [0.3, 0.4) is 0 Å². The molecular weight excluding hydrogens is 262 g/mol. The van der Waals surface area contributed by atoms with Crippen molar-refractivity contribution >= 4 is 11.3 Å². The molecule has 1 aliphatic carbocycles. The molecule has 1 aliphatic heterocycles. The Balaban J connectivity index is 2.06. The molecule has 1 saturated heterocycles. The third-order valence-corrected chi connectivity index (χ3v) is 7.18. The molecule has 0 spiro atoms. The summed E-state index contributed by atoms with van der Waals surface area (Å²) in [5.74, 6) is 0. The summed E-state index contributed by atoms with van der Waals surface area (Å²) in [5.41, 5.74) is 0.445. The summed E-state index contributed by atoms with van der Waals surface area (Å²) >= 11 is 2.02. The summed E-state index contributed by atoms with van der Waals surface area (Å²) in [6.07, 6.45) is 11.5. The first-order valence-corrected chi connectivity index (χ1v) is 9.50. The number of nitrogens with zero attached hydrogens (tertiary/aromatic N) is 1. The molecule has 0 atom stereocenters. The van der Waals surface area contributed by atoms with Gasteiger partial charge in [-0.2, -0.15) is 0 Å². The lowest BCUT2D eigenvalue weighted by Gasteiger charge is -2.59. The van der Waals surface area contributed by atoms with Gasteiger partial charge in [-0.1, -0.05) is 12.5 Å². The molecule has 1 saturated carbocycles. The van der Waals surface area contributed by atoms with Gasteiger partial charge >= 0.3 is 0 Å². The smallest absolute Gasteiger partial charge is 0.134 e. The van der Waals surface area contributed by atoms with Gasteiger partial charge in [0.2, 0.25) is 0 Å². The average molecular weight is 293 g/mol.